The Hall–Kier alpha value is -0.940. The first kappa shape index (κ1) is 23.1. The highest BCUT2D eigenvalue weighted by atomic mass is 16.5. The normalized spacial score (nSPS) is 11.2. The van der Waals surface area contributed by atoms with E-state index in [2.05, 4.69) is 5.32 Å². The molecule has 0 bridgehead atoms. The van der Waals surface area contributed by atoms with Crippen LogP contribution in [0.1, 0.15) is 79.1 Å². The van der Waals surface area contributed by atoms with Gasteiger partial charge in [-0.3, -0.25) is 9.59 Å². The van der Waals surface area contributed by atoms with Crippen molar-refractivity contribution in [3.63, 3.8) is 0 Å². The van der Waals surface area contributed by atoms with E-state index in [4.69, 9.17) is 9.47 Å². The van der Waals surface area contributed by atoms with Gasteiger partial charge in [-0.2, -0.15) is 0 Å². The lowest BCUT2D eigenvalue weighted by Gasteiger charge is -2.08. The van der Waals surface area contributed by atoms with Gasteiger partial charge in [0.05, 0.1) is 12.2 Å². The van der Waals surface area contributed by atoms with Crippen molar-refractivity contribution in [3.05, 3.63) is 0 Å². The average molecular weight is 344 g/mol. The molecule has 24 heavy (non-hydrogen) atoms. The summed E-state index contributed by atoms with van der Waals surface area (Å²) < 4.78 is 10.9. The van der Waals surface area contributed by atoms with Crippen LogP contribution in [0.5, 0.6) is 0 Å². The Kier molecular flexibility index (Phi) is 15.0. The van der Waals surface area contributed by atoms with Crippen LogP contribution in [0.3, 0.4) is 0 Å². The number of ketones is 1. The van der Waals surface area contributed by atoms with E-state index in [0.717, 1.165) is 45.3 Å². The number of Topliss-reactive ketones (excluding diaryl/α,β-unsaturated/α-hetero) is 1. The van der Waals surface area contributed by atoms with Gasteiger partial charge in [-0.1, -0.05) is 6.42 Å². The smallest absolute Gasteiger partial charge is 0.220 e. The molecule has 0 saturated heterocycles. The number of hydrogen-bond donors (Lipinski definition) is 1. The minimum atomic E-state index is -0.0292. The lowest BCUT2D eigenvalue weighted by atomic mass is 10.1. The van der Waals surface area contributed by atoms with E-state index in [1.54, 1.807) is 0 Å². The van der Waals surface area contributed by atoms with E-state index in [1.165, 1.54) is 0 Å². The number of ether oxygens (including phenoxy) is 2. The first-order chi connectivity index (χ1) is 11.4. The van der Waals surface area contributed by atoms with Crippen molar-refractivity contribution >= 4 is 11.7 Å². The lowest BCUT2D eigenvalue weighted by molar-refractivity contribution is -0.125. The van der Waals surface area contributed by atoms with Crippen LogP contribution in [0.25, 0.3) is 0 Å². The Labute approximate surface area is 147 Å². The fourth-order valence-corrected chi connectivity index (χ4v) is 2.16. The topological polar surface area (TPSA) is 64.6 Å². The van der Waals surface area contributed by atoms with Crippen LogP contribution in [0.15, 0.2) is 0 Å². The average Bonchev–Trinajstić information content (AvgIpc) is 2.51. The lowest BCUT2D eigenvalue weighted by Crippen LogP contribution is -2.25. The van der Waals surface area contributed by atoms with E-state index < -0.39 is 0 Å². The number of carbonyl (C=O) groups excluding carboxylic acids is 2. The van der Waals surface area contributed by atoms with Gasteiger partial charge in [-0.05, 0) is 53.4 Å². The Bertz CT molecular complexity index is 297. The third kappa shape index (κ3) is 17.4. The maximum Gasteiger partial charge on any atom is 0.220 e. The number of carbonyl (C=O) groups is 2. The van der Waals surface area contributed by atoms with Gasteiger partial charge in [0.15, 0.2) is 0 Å². The zero-order valence-corrected chi connectivity index (χ0v) is 16.1. The molecule has 1 amide bonds. The number of nitrogens with one attached hydrogen (secondary N) is 1. The predicted molar refractivity (Wildman–Crippen MR) is 97.1 cm³/mol. The molecule has 1 N–H and O–H groups in total. The molecular formula is C19H37NO4. The van der Waals surface area contributed by atoms with Crippen molar-refractivity contribution in [2.75, 3.05) is 19.8 Å². The molecule has 0 atom stereocenters. The molecule has 0 spiro atoms. The number of amides is 1. The maximum atomic E-state index is 11.7. The highest BCUT2D eigenvalue weighted by Crippen LogP contribution is 2.05. The minimum Gasteiger partial charge on any atom is -0.379 e. The van der Waals surface area contributed by atoms with Gasteiger partial charge >= 0.3 is 0 Å². The van der Waals surface area contributed by atoms with Gasteiger partial charge in [0.2, 0.25) is 5.91 Å². The van der Waals surface area contributed by atoms with Gasteiger partial charge in [0, 0.05) is 39.0 Å². The van der Waals surface area contributed by atoms with Gasteiger partial charge in [-0.25, -0.2) is 0 Å². The first-order valence-electron chi connectivity index (χ1n) is 9.43. The van der Waals surface area contributed by atoms with Crippen LogP contribution in [0, 0.1) is 0 Å². The Morgan fingerprint density at radius 2 is 1.33 bits per heavy atom. The molecule has 0 rings (SSSR count). The van der Waals surface area contributed by atoms with Gasteiger partial charge < -0.3 is 14.8 Å². The highest BCUT2D eigenvalue weighted by molar-refractivity contribution is 5.84. The van der Waals surface area contributed by atoms with Crippen molar-refractivity contribution in [2.45, 2.75) is 91.3 Å². The molecule has 0 aliphatic carbocycles. The Balaban J connectivity index is 3.40. The van der Waals surface area contributed by atoms with Crippen LogP contribution in [-0.2, 0) is 19.1 Å². The van der Waals surface area contributed by atoms with Crippen LogP contribution >= 0.6 is 0 Å². The van der Waals surface area contributed by atoms with Crippen molar-refractivity contribution in [3.8, 4) is 0 Å². The molecule has 0 heterocycles. The molecule has 142 valence electrons. The summed E-state index contributed by atoms with van der Waals surface area (Å²) >= 11 is 0. The van der Waals surface area contributed by atoms with Crippen molar-refractivity contribution in [2.24, 2.45) is 0 Å². The van der Waals surface area contributed by atoms with E-state index in [1.807, 2.05) is 27.7 Å². The quantitative estimate of drug-likeness (QED) is 0.435. The third-order valence-corrected chi connectivity index (χ3v) is 3.53. The summed E-state index contributed by atoms with van der Waals surface area (Å²) in [5, 5.41) is 2.86. The number of unbranched alkanes of at least 4 members (excludes halogenated alkanes) is 3. The summed E-state index contributed by atoms with van der Waals surface area (Å²) in [4.78, 5) is 23.4. The molecule has 0 aliphatic rings. The predicted octanol–water partition coefficient (Wildman–Crippen LogP) is 3.64. The van der Waals surface area contributed by atoms with Gasteiger partial charge in [-0.15, -0.1) is 0 Å². The zero-order chi connectivity index (χ0) is 18.2. The molecule has 0 fully saturated rings. The molecule has 5 heteroatoms. The second-order valence-electron chi connectivity index (χ2n) is 6.75. The summed E-state index contributed by atoms with van der Waals surface area (Å²) in [5.41, 5.74) is 0. The first-order valence-corrected chi connectivity index (χ1v) is 9.43. The second-order valence-corrected chi connectivity index (χ2v) is 6.75. The fourth-order valence-electron chi connectivity index (χ4n) is 2.16. The van der Waals surface area contributed by atoms with E-state index in [-0.39, 0.29) is 23.9 Å². The summed E-state index contributed by atoms with van der Waals surface area (Å²) in [6.45, 7) is 10.2. The van der Waals surface area contributed by atoms with E-state index in [9.17, 15) is 9.59 Å². The summed E-state index contributed by atoms with van der Waals surface area (Å²) in [5.74, 6) is 0.152. The largest absolute Gasteiger partial charge is 0.379 e. The molecule has 0 saturated carbocycles. The summed E-state index contributed by atoms with van der Waals surface area (Å²) in [7, 11) is 0. The molecule has 0 aromatic carbocycles. The number of hydrogen-bond acceptors (Lipinski definition) is 4. The molecule has 0 aliphatic heterocycles. The van der Waals surface area contributed by atoms with E-state index in [0.29, 0.717) is 25.8 Å². The molecule has 0 unspecified atom stereocenters. The summed E-state index contributed by atoms with van der Waals surface area (Å²) in [6.07, 6.45) is 6.49. The van der Waals surface area contributed by atoms with Gasteiger partial charge in [0.25, 0.3) is 0 Å². The minimum absolute atomic E-state index is 0.0292. The van der Waals surface area contributed by atoms with Crippen molar-refractivity contribution < 1.29 is 19.1 Å². The van der Waals surface area contributed by atoms with Crippen molar-refractivity contribution in [1.82, 2.24) is 5.32 Å². The van der Waals surface area contributed by atoms with Crippen LogP contribution in [-0.4, -0.2) is 43.7 Å². The molecule has 0 aromatic heterocycles. The van der Waals surface area contributed by atoms with Gasteiger partial charge in [0.1, 0.15) is 5.78 Å². The van der Waals surface area contributed by atoms with Crippen LogP contribution in [0.4, 0.5) is 0 Å². The monoisotopic (exact) mass is 343 g/mol. The third-order valence-electron chi connectivity index (χ3n) is 3.53. The van der Waals surface area contributed by atoms with Crippen molar-refractivity contribution in [1.29, 1.82) is 0 Å². The SMILES string of the molecule is CC(C)OCCCCCC(=O)CCC(=O)NCCCCOC(C)C. The molecule has 5 nitrogen and oxygen atoms in total. The maximum absolute atomic E-state index is 11.7. The molecule has 0 radical (unpaired) electrons. The van der Waals surface area contributed by atoms with E-state index >= 15 is 0 Å². The Morgan fingerprint density at radius 1 is 0.750 bits per heavy atom. The standard InChI is InChI=1S/C19H37NO4/c1-16(2)23-14-8-5-6-10-18(21)11-12-19(22)20-13-7-9-15-24-17(3)4/h16-17H,5-15H2,1-4H3,(H,20,22). The fraction of sp³-hybridized carbons (Fsp3) is 0.895. The van der Waals surface area contributed by atoms with Crippen LogP contribution in [0.2, 0.25) is 0 Å². The number of rotatable bonds is 16. The molecule has 0 aromatic rings. The summed E-state index contributed by atoms with van der Waals surface area (Å²) in [6, 6.07) is 0. The second kappa shape index (κ2) is 15.6. The highest BCUT2D eigenvalue weighted by Gasteiger charge is 2.06. The molecular weight excluding hydrogens is 306 g/mol. The van der Waals surface area contributed by atoms with Crippen LogP contribution < -0.4 is 5.32 Å². The Morgan fingerprint density at radius 3 is 1.92 bits per heavy atom. The zero-order valence-electron chi connectivity index (χ0n) is 16.1.